The summed E-state index contributed by atoms with van der Waals surface area (Å²) in [6.45, 7) is 2.30. The zero-order chi connectivity index (χ0) is 19.9. The van der Waals surface area contributed by atoms with E-state index in [0.717, 1.165) is 44.6 Å². The Morgan fingerprint density at radius 3 is 2.54 bits per heavy atom. The summed E-state index contributed by atoms with van der Waals surface area (Å²) in [5, 5.41) is 2.90. The largest absolute Gasteiger partial charge is 0.452 e. The molecule has 148 valence electrons. The number of halogens is 1. The fourth-order valence-corrected chi connectivity index (χ4v) is 3.27. The molecule has 1 amide bonds. The molecule has 2 aromatic carbocycles. The molecule has 0 spiro atoms. The zero-order valence-electron chi connectivity index (χ0n) is 15.6. The molecule has 1 aliphatic heterocycles. The Kier molecular flexibility index (Phi) is 6.60. The minimum atomic E-state index is -0.745. The van der Waals surface area contributed by atoms with E-state index in [1.54, 1.807) is 0 Å². The Hall–Kier alpha value is -2.93. The Morgan fingerprint density at radius 2 is 1.86 bits per heavy atom. The highest BCUT2D eigenvalue weighted by molar-refractivity contribution is 5.96. The number of rotatable bonds is 6. The average Bonchev–Trinajstić information content (AvgIpc) is 2.68. The van der Waals surface area contributed by atoms with Gasteiger partial charge in [-0.25, -0.2) is 9.18 Å². The standard InChI is InChI=1S/C21H24FN3O3/c22-16-6-7-18(19(23)12-16)21(27)28-14-20(26)24-17-8-10-25(11-9-17)13-15-4-2-1-3-5-15/h1-7,12,17H,8-11,13-14,23H2,(H,24,26). The first kappa shape index (κ1) is 19.8. The van der Waals surface area contributed by atoms with Gasteiger partial charge in [0.1, 0.15) is 5.82 Å². The van der Waals surface area contributed by atoms with Gasteiger partial charge in [-0.1, -0.05) is 30.3 Å². The Morgan fingerprint density at radius 1 is 1.14 bits per heavy atom. The highest BCUT2D eigenvalue weighted by Crippen LogP contribution is 2.15. The van der Waals surface area contributed by atoms with Crippen molar-refractivity contribution in [2.45, 2.75) is 25.4 Å². The van der Waals surface area contributed by atoms with Gasteiger partial charge in [0.25, 0.3) is 5.91 Å². The molecule has 6 nitrogen and oxygen atoms in total. The number of anilines is 1. The predicted molar refractivity (Wildman–Crippen MR) is 104 cm³/mol. The van der Waals surface area contributed by atoms with Gasteiger partial charge in [0.2, 0.25) is 0 Å². The maximum absolute atomic E-state index is 13.0. The summed E-state index contributed by atoms with van der Waals surface area (Å²) in [6.07, 6.45) is 1.69. The van der Waals surface area contributed by atoms with Gasteiger partial charge in [0.15, 0.2) is 6.61 Å². The number of nitrogen functional groups attached to an aromatic ring is 1. The maximum atomic E-state index is 13.0. The molecule has 0 bridgehead atoms. The van der Waals surface area contributed by atoms with E-state index >= 15 is 0 Å². The number of hydrogen-bond donors (Lipinski definition) is 2. The molecule has 2 aromatic rings. The van der Waals surface area contributed by atoms with Crippen molar-refractivity contribution in [2.75, 3.05) is 25.4 Å². The summed E-state index contributed by atoms with van der Waals surface area (Å²) in [5.74, 6) is -1.63. The lowest BCUT2D eigenvalue weighted by atomic mass is 10.0. The molecule has 0 saturated carbocycles. The number of likely N-dealkylation sites (tertiary alicyclic amines) is 1. The summed E-state index contributed by atoms with van der Waals surface area (Å²) in [4.78, 5) is 26.4. The second-order valence-electron chi connectivity index (χ2n) is 6.91. The SMILES string of the molecule is Nc1cc(F)ccc1C(=O)OCC(=O)NC1CCN(Cc2ccccc2)CC1. The van der Waals surface area contributed by atoms with Crippen LogP contribution < -0.4 is 11.1 Å². The lowest BCUT2D eigenvalue weighted by molar-refractivity contribution is -0.125. The first-order valence-electron chi connectivity index (χ1n) is 9.29. The molecule has 0 aliphatic carbocycles. The first-order valence-corrected chi connectivity index (χ1v) is 9.29. The van der Waals surface area contributed by atoms with Crippen LogP contribution in [-0.4, -0.2) is 42.5 Å². The molecule has 0 unspecified atom stereocenters. The van der Waals surface area contributed by atoms with E-state index in [1.807, 2.05) is 18.2 Å². The number of amides is 1. The Bertz CT molecular complexity index is 821. The third kappa shape index (κ3) is 5.53. The van der Waals surface area contributed by atoms with Crippen LogP contribution in [0.4, 0.5) is 10.1 Å². The molecule has 28 heavy (non-hydrogen) atoms. The Labute approximate surface area is 163 Å². The second-order valence-corrected chi connectivity index (χ2v) is 6.91. The van der Waals surface area contributed by atoms with E-state index in [1.165, 1.54) is 11.6 Å². The Balaban J connectivity index is 1.39. The maximum Gasteiger partial charge on any atom is 0.340 e. The van der Waals surface area contributed by atoms with Crippen molar-refractivity contribution < 1.29 is 18.7 Å². The molecule has 0 radical (unpaired) electrons. The van der Waals surface area contributed by atoms with Crippen molar-refractivity contribution in [3.05, 3.63) is 65.5 Å². The fourth-order valence-electron chi connectivity index (χ4n) is 3.27. The lowest BCUT2D eigenvalue weighted by Crippen LogP contribution is -2.45. The number of carbonyl (C=O) groups is 2. The van der Waals surface area contributed by atoms with E-state index in [0.29, 0.717) is 0 Å². The van der Waals surface area contributed by atoms with Crippen molar-refractivity contribution in [3.8, 4) is 0 Å². The van der Waals surface area contributed by atoms with E-state index in [4.69, 9.17) is 10.5 Å². The van der Waals surface area contributed by atoms with Crippen LogP contribution in [0, 0.1) is 5.82 Å². The van der Waals surface area contributed by atoms with Crippen LogP contribution in [0.1, 0.15) is 28.8 Å². The van der Waals surface area contributed by atoms with Crippen molar-refractivity contribution >= 4 is 17.6 Å². The van der Waals surface area contributed by atoms with Crippen LogP contribution in [0.25, 0.3) is 0 Å². The van der Waals surface area contributed by atoms with Crippen molar-refractivity contribution in [3.63, 3.8) is 0 Å². The van der Waals surface area contributed by atoms with E-state index < -0.39 is 11.8 Å². The van der Waals surface area contributed by atoms with Crippen LogP contribution in [-0.2, 0) is 16.1 Å². The van der Waals surface area contributed by atoms with E-state index in [9.17, 15) is 14.0 Å². The molecule has 7 heteroatoms. The van der Waals surface area contributed by atoms with Gasteiger partial charge in [-0.3, -0.25) is 9.69 Å². The normalized spacial score (nSPS) is 15.2. The van der Waals surface area contributed by atoms with Crippen LogP contribution >= 0.6 is 0 Å². The van der Waals surface area contributed by atoms with Gasteiger partial charge in [-0.05, 0) is 36.6 Å². The summed E-state index contributed by atoms with van der Waals surface area (Å²) < 4.78 is 18.0. The van der Waals surface area contributed by atoms with Gasteiger partial charge in [-0.2, -0.15) is 0 Å². The minimum absolute atomic E-state index is 0.0174. The molecule has 3 N–H and O–H groups in total. The molecule has 1 aliphatic rings. The third-order valence-corrected chi connectivity index (χ3v) is 4.77. The molecule has 3 rings (SSSR count). The molecule has 1 saturated heterocycles. The number of esters is 1. The quantitative estimate of drug-likeness (QED) is 0.589. The monoisotopic (exact) mass is 385 g/mol. The number of benzene rings is 2. The predicted octanol–water partition coefficient (Wildman–Crippen LogP) is 2.35. The van der Waals surface area contributed by atoms with Crippen LogP contribution in [0.15, 0.2) is 48.5 Å². The first-order chi connectivity index (χ1) is 13.5. The van der Waals surface area contributed by atoms with Gasteiger partial charge in [-0.15, -0.1) is 0 Å². The minimum Gasteiger partial charge on any atom is -0.452 e. The number of hydrogen-bond acceptors (Lipinski definition) is 5. The number of nitrogens with two attached hydrogens (primary N) is 1. The van der Waals surface area contributed by atoms with Crippen molar-refractivity contribution in [1.82, 2.24) is 10.2 Å². The van der Waals surface area contributed by atoms with Crippen molar-refractivity contribution in [2.24, 2.45) is 0 Å². The second kappa shape index (κ2) is 9.32. The van der Waals surface area contributed by atoms with Gasteiger partial charge in [0.05, 0.1) is 5.56 Å². The number of nitrogens with one attached hydrogen (secondary N) is 1. The van der Waals surface area contributed by atoms with Crippen LogP contribution in [0.2, 0.25) is 0 Å². The smallest absolute Gasteiger partial charge is 0.340 e. The topological polar surface area (TPSA) is 84.7 Å². The van der Waals surface area contributed by atoms with Gasteiger partial charge in [0, 0.05) is 31.4 Å². The molecule has 0 aromatic heterocycles. The molecule has 1 fully saturated rings. The average molecular weight is 385 g/mol. The highest BCUT2D eigenvalue weighted by atomic mass is 19.1. The molecule has 1 heterocycles. The third-order valence-electron chi connectivity index (χ3n) is 4.77. The fraction of sp³-hybridized carbons (Fsp3) is 0.333. The van der Waals surface area contributed by atoms with Gasteiger partial charge < -0.3 is 15.8 Å². The zero-order valence-corrected chi connectivity index (χ0v) is 15.6. The van der Waals surface area contributed by atoms with Crippen LogP contribution in [0.5, 0.6) is 0 Å². The van der Waals surface area contributed by atoms with Gasteiger partial charge >= 0.3 is 5.97 Å². The number of carbonyl (C=O) groups excluding carboxylic acids is 2. The van der Waals surface area contributed by atoms with E-state index in [2.05, 4.69) is 22.3 Å². The number of piperidine rings is 1. The highest BCUT2D eigenvalue weighted by Gasteiger charge is 2.21. The summed E-state index contributed by atoms with van der Waals surface area (Å²) in [7, 11) is 0. The molecule has 0 atom stereocenters. The number of ether oxygens (including phenoxy) is 1. The summed E-state index contributed by atoms with van der Waals surface area (Å²) >= 11 is 0. The summed E-state index contributed by atoms with van der Waals surface area (Å²) in [6, 6.07) is 13.7. The molecular formula is C21H24FN3O3. The van der Waals surface area contributed by atoms with Crippen molar-refractivity contribution in [1.29, 1.82) is 0 Å². The number of nitrogens with zero attached hydrogens (tertiary/aromatic N) is 1. The summed E-state index contributed by atoms with van der Waals surface area (Å²) in [5.41, 5.74) is 6.90. The molecular weight excluding hydrogens is 361 g/mol. The lowest BCUT2D eigenvalue weighted by Gasteiger charge is -2.32. The van der Waals surface area contributed by atoms with Crippen LogP contribution in [0.3, 0.4) is 0 Å². The van der Waals surface area contributed by atoms with E-state index in [-0.39, 0.29) is 29.8 Å².